The lowest BCUT2D eigenvalue weighted by Crippen LogP contribution is -2.58. The van der Waals surface area contributed by atoms with E-state index in [0.717, 1.165) is 5.56 Å². The van der Waals surface area contributed by atoms with Gasteiger partial charge in [0.25, 0.3) is 0 Å². The molecule has 0 aliphatic carbocycles. The molecular weight excluding hydrogens is 364 g/mol. The van der Waals surface area contributed by atoms with Crippen molar-refractivity contribution in [1.29, 1.82) is 0 Å². The zero-order chi connectivity index (χ0) is 18.8. The summed E-state index contributed by atoms with van der Waals surface area (Å²) in [5.74, 6) is 0.813. The van der Waals surface area contributed by atoms with Crippen molar-refractivity contribution in [3.63, 3.8) is 0 Å². The molecular formula is C21H21ClN2O3. The van der Waals surface area contributed by atoms with Crippen LogP contribution in [0.15, 0.2) is 54.6 Å². The number of carbonyl (C=O) groups is 2. The molecule has 27 heavy (non-hydrogen) atoms. The molecule has 0 spiro atoms. The van der Waals surface area contributed by atoms with Crippen LogP contribution in [0.1, 0.15) is 17.9 Å². The molecule has 2 aliphatic rings. The van der Waals surface area contributed by atoms with Crippen LogP contribution >= 0.6 is 11.6 Å². The van der Waals surface area contributed by atoms with Gasteiger partial charge in [-0.15, -0.1) is 0 Å². The monoisotopic (exact) mass is 384 g/mol. The lowest BCUT2D eigenvalue weighted by molar-refractivity contribution is -0.144. The summed E-state index contributed by atoms with van der Waals surface area (Å²) < 4.78 is 5.82. The van der Waals surface area contributed by atoms with E-state index in [-0.39, 0.29) is 30.4 Å². The maximum absolute atomic E-state index is 12.5. The number of para-hydroxylation sites is 1. The maximum Gasteiger partial charge on any atom is 0.242 e. The van der Waals surface area contributed by atoms with Crippen LogP contribution in [-0.2, 0) is 9.59 Å². The van der Waals surface area contributed by atoms with Gasteiger partial charge >= 0.3 is 0 Å². The number of likely N-dealkylation sites (tertiary alicyclic amines) is 2. The molecule has 1 atom stereocenters. The highest BCUT2D eigenvalue weighted by Gasteiger charge is 2.36. The molecule has 2 saturated heterocycles. The first-order valence-electron chi connectivity index (χ1n) is 9.12. The first-order valence-corrected chi connectivity index (χ1v) is 9.49. The zero-order valence-electron chi connectivity index (χ0n) is 14.9. The van der Waals surface area contributed by atoms with Crippen molar-refractivity contribution < 1.29 is 14.3 Å². The van der Waals surface area contributed by atoms with Gasteiger partial charge in [-0.05, 0) is 17.7 Å². The van der Waals surface area contributed by atoms with Gasteiger partial charge in [-0.3, -0.25) is 9.59 Å². The number of rotatable bonds is 5. The molecule has 0 aromatic heterocycles. The summed E-state index contributed by atoms with van der Waals surface area (Å²) >= 11 is 6.09. The summed E-state index contributed by atoms with van der Waals surface area (Å²) in [7, 11) is 0. The summed E-state index contributed by atoms with van der Waals surface area (Å²) in [6, 6.07) is 17.3. The van der Waals surface area contributed by atoms with Crippen LogP contribution in [0.25, 0.3) is 0 Å². The molecule has 140 valence electrons. The topological polar surface area (TPSA) is 49.9 Å². The Morgan fingerprint density at radius 2 is 1.74 bits per heavy atom. The van der Waals surface area contributed by atoms with Crippen LogP contribution in [0.4, 0.5) is 0 Å². The van der Waals surface area contributed by atoms with E-state index in [0.29, 0.717) is 36.8 Å². The molecule has 0 bridgehead atoms. The van der Waals surface area contributed by atoms with Gasteiger partial charge < -0.3 is 14.5 Å². The lowest BCUT2D eigenvalue weighted by atomic mass is 9.99. The Hall–Kier alpha value is -2.53. The Bertz CT molecular complexity index is 836. The third-order valence-corrected chi connectivity index (χ3v) is 5.45. The molecule has 2 amide bonds. The number of hydrogen-bond acceptors (Lipinski definition) is 3. The third kappa shape index (κ3) is 3.93. The average Bonchev–Trinajstić information content (AvgIpc) is 3.00. The largest absolute Gasteiger partial charge is 0.485 e. The Morgan fingerprint density at radius 3 is 2.48 bits per heavy atom. The van der Waals surface area contributed by atoms with Gasteiger partial charge in [0, 0.05) is 18.9 Å². The van der Waals surface area contributed by atoms with Crippen molar-refractivity contribution in [2.24, 2.45) is 0 Å². The highest BCUT2D eigenvalue weighted by atomic mass is 35.5. The molecule has 0 N–H and O–H groups in total. The molecule has 2 aromatic carbocycles. The first kappa shape index (κ1) is 17.9. The third-order valence-electron chi connectivity index (χ3n) is 5.14. The molecule has 5 nitrogen and oxygen atoms in total. The Balaban J connectivity index is 1.27. The van der Waals surface area contributed by atoms with E-state index < -0.39 is 0 Å². The minimum absolute atomic E-state index is 0.0314. The summed E-state index contributed by atoms with van der Waals surface area (Å²) in [4.78, 5) is 28.2. The Morgan fingerprint density at radius 1 is 1.04 bits per heavy atom. The molecule has 0 saturated carbocycles. The van der Waals surface area contributed by atoms with Crippen LogP contribution in [0.2, 0.25) is 5.02 Å². The molecule has 2 heterocycles. The number of ether oxygens (including phenoxy) is 1. The van der Waals surface area contributed by atoms with Crippen molar-refractivity contribution in [2.45, 2.75) is 18.4 Å². The average molecular weight is 385 g/mol. The first-order chi connectivity index (χ1) is 13.1. The summed E-state index contributed by atoms with van der Waals surface area (Å²) in [6.45, 7) is 1.78. The molecule has 1 unspecified atom stereocenters. The number of hydrogen-bond donors (Lipinski definition) is 0. The van der Waals surface area contributed by atoms with Gasteiger partial charge in [0.2, 0.25) is 11.8 Å². The zero-order valence-corrected chi connectivity index (χ0v) is 15.6. The highest BCUT2D eigenvalue weighted by molar-refractivity contribution is 6.32. The van der Waals surface area contributed by atoms with E-state index in [2.05, 4.69) is 0 Å². The molecule has 2 aliphatic heterocycles. The standard InChI is InChI=1S/C21H21ClN2O3/c22-18-8-4-5-9-19(18)27-17-12-24(13-17)21(26)14-23-11-16(10-20(23)25)15-6-2-1-3-7-15/h1-9,16-17H,10-14H2. The second-order valence-electron chi connectivity index (χ2n) is 7.05. The second kappa shape index (κ2) is 7.61. The van der Waals surface area contributed by atoms with E-state index in [4.69, 9.17) is 16.3 Å². The predicted molar refractivity (Wildman–Crippen MR) is 103 cm³/mol. The Kier molecular flexibility index (Phi) is 5.03. The second-order valence-corrected chi connectivity index (χ2v) is 7.46. The smallest absolute Gasteiger partial charge is 0.242 e. The predicted octanol–water partition coefficient (Wildman–Crippen LogP) is 2.95. The van der Waals surface area contributed by atoms with Crippen molar-refractivity contribution >= 4 is 23.4 Å². The van der Waals surface area contributed by atoms with Crippen molar-refractivity contribution in [3.05, 3.63) is 65.2 Å². The summed E-state index contributed by atoms with van der Waals surface area (Å²) in [5.41, 5.74) is 1.15. The van der Waals surface area contributed by atoms with E-state index in [1.807, 2.05) is 48.5 Å². The fraction of sp³-hybridized carbons (Fsp3) is 0.333. The molecule has 4 rings (SSSR count). The normalized spacial score (nSPS) is 19.9. The molecule has 2 fully saturated rings. The molecule has 2 aromatic rings. The summed E-state index contributed by atoms with van der Waals surface area (Å²) in [5, 5.41) is 0.567. The van der Waals surface area contributed by atoms with Crippen molar-refractivity contribution in [1.82, 2.24) is 9.80 Å². The van der Waals surface area contributed by atoms with E-state index in [1.165, 1.54) is 0 Å². The van der Waals surface area contributed by atoms with Crippen molar-refractivity contribution in [3.8, 4) is 5.75 Å². The molecule has 0 radical (unpaired) electrons. The van der Waals surface area contributed by atoms with Gasteiger partial charge in [-0.2, -0.15) is 0 Å². The van der Waals surface area contributed by atoms with Gasteiger partial charge in [-0.1, -0.05) is 54.1 Å². The van der Waals surface area contributed by atoms with Crippen LogP contribution in [0.5, 0.6) is 5.75 Å². The van der Waals surface area contributed by atoms with E-state index in [1.54, 1.807) is 15.9 Å². The Labute approximate surface area is 163 Å². The number of amides is 2. The SMILES string of the molecule is O=C(CN1CC(c2ccccc2)CC1=O)N1CC(Oc2ccccc2Cl)C1. The fourth-order valence-corrected chi connectivity index (χ4v) is 3.75. The number of halogens is 1. The molecule has 6 heteroatoms. The summed E-state index contributed by atoms with van der Waals surface area (Å²) in [6.07, 6.45) is 0.412. The van der Waals surface area contributed by atoms with Crippen LogP contribution in [0.3, 0.4) is 0 Å². The number of benzene rings is 2. The van der Waals surface area contributed by atoms with Crippen LogP contribution in [0, 0.1) is 0 Å². The van der Waals surface area contributed by atoms with Gasteiger partial charge in [0.05, 0.1) is 24.7 Å². The van der Waals surface area contributed by atoms with Gasteiger partial charge in [0.1, 0.15) is 11.9 Å². The highest BCUT2D eigenvalue weighted by Crippen LogP contribution is 2.29. The van der Waals surface area contributed by atoms with Crippen molar-refractivity contribution in [2.75, 3.05) is 26.2 Å². The number of carbonyl (C=O) groups excluding carboxylic acids is 2. The maximum atomic E-state index is 12.5. The minimum Gasteiger partial charge on any atom is -0.485 e. The van der Waals surface area contributed by atoms with Crippen LogP contribution in [-0.4, -0.2) is 53.9 Å². The lowest BCUT2D eigenvalue weighted by Gasteiger charge is -2.39. The van der Waals surface area contributed by atoms with Gasteiger partial charge in [0.15, 0.2) is 0 Å². The fourth-order valence-electron chi connectivity index (χ4n) is 3.57. The quantitative estimate of drug-likeness (QED) is 0.796. The van der Waals surface area contributed by atoms with Gasteiger partial charge in [-0.25, -0.2) is 0 Å². The van der Waals surface area contributed by atoms with E-state index >= 15 is 0 Å². The minimum atomic E-state index is -0.0554. The van der Waals surface area contributed by atoms with E-state index in [9.17, 15) is 9.59 Å². The van der Waals surface area contributed by atoms with Crippen LogP contribution < -0.4 is 4.74 Å². The number of nitrogens with zero attached hydrogens (tertiary/aromatic N) is 2.